The molecule has 2 aromatic heterocycles. The quantitative estimate of drug-likeness (QED) is 0.716. The number of aromatic nitrogens is 3. The van der Waals surface area contributed by atoms with Gasteiger partial charge < -0.3 is 0 Å². The summed E-state index contributed by atoms with van der Waals surface area (Å²) >= 11 is 5.04. The Bertz CT molecular complexity index is 667. The molecule has 18 heavy (non-hydrogen) atoms. The smallest absolute Gasteiger partial charge is 0.144 e. The van der Waals surface area contributed by atoms with Crippen molar-refractivity contribution in [1.82, 2.24) is 15.0 Å². The fourth-order valence-corrected chi connectivity index (χ4v) is 2.77. The first kappa shape index (κ1) is 11.5. The highest BCUT2D eigenvalue weighted by Gasteiger charge is 2.07. The minimum atomic E-state index is 0.809. The van der Waals surface area contributed by atoms with E-state index in [2.05, 4.69) is 36.9 Å². The largest absolute Gasteiger partial charge is 0.261 e. The lowest BCUT2D eigenvalue weighted by molar-refractivity contribution is 1.19. The molecule has 0 aliphatic carbocycles. The van der Waals surface area contributed by atoms with Crippen LogP contribution in [0.4, 0.5) is 0 Å². The summed E-state index contributed by atoms with van der Waals surface area (Å²) in [6.45, 7) is 0. The van der Waals surface area contributed by atoms with E-state index in [4.69, 9.17) is 0 Å². The molecule has 0 saturated heterocycles. The summed E-state index contributed by atoms with van der Waals surface area (Å²) in [6, 6.07) is 8.09. The van der Waals surface area contributed by atoms with E-state index < -0.39 is 0 Å². The van der Waals surface area contributed by atoms with E-state index >= 15 is 0 Å². The van der Waals surface area contributed by atoms with Crippen molar-refractivity contribution in [3.05, 3.63) is 52.7 Å². The topological polar surface area (TPSA) is 38.7 Å². The van der Waals surface area contributed by atoms with Gasteiger partial charge in [0.1, 0.15) is 10.7 Å². The van der Waals surface area contributed by atoms with E-state index in [0.29, 0.717) is 0 Å². The van der Waals surface area contributed by atoms with Crippen LogP contribution >= 0.6 is 27.3 Å². The van der Waals surface area contributed by atoms with Gasteiger partial charge in [0.15, 0.2) is 0 Å². The fraction of sp³-hybridized carbons (Fsp3) is 0. The molecule has 0 amide bonds. The molecule has 0 aliphatic heterocycles. The van der Waals surface area contributed by atoms with Crippen LogP contribution in [-0.4, -0.2) is 15.0 Å². The van der Waals surface area contributed by atoms with Crippen LogP contribution in [0.25, 0.3) is 22.0 Å². The van der Waals surface area contributed by atoms with Crippen LogP contribution in [0.15, 0.2) is 52.7 Å². The van der Waals surface area contributed by atoms with Gasteiger partial charge in [0.2, 0.25) is 0 Å². The van der Waals surface area contributed by atoms with E-state index in [-0.39, 0.29) is 0 Å². The normalized spacial score (nSPS) is 10.5. The van der Waals surface area contributed by atoms with Crippen LogP contribution in [-0.2, 0) is 0 Å². The van der Waals surface area contributed by atoms with Gasteiger partial charge >= 0.3 is 0 Å². The van der Waals surface area contributed by atoms with Gasteiger partial charge in [-0.2, -0.15) is 0 Å². The lowest BCUT2D eigenvalue weighted by Gasteiger charge is -1.97. The Morgan fingerprint density at radius 3 is 2.83 bits per heavy atom. The van der Waals surface area contributed by atoms with Crippen molar-refractivity contribution in [3.63, 3.8) is 0 Å². The van der Waals surface area contributed by atoms with Crippen molar-refractivity contribution >= 4 is 27.3 Å². The van der Waals surface area contributed by atoms with Gasteiger partial charge in [0, 0.05) is 27.8 Å². The number of nitrogens with zero attached hydrogens (tertiary/aromatic N) is 3. The second-order valence-electron chi connectivity index (χ2n) is 3.64. The van der Waals surface area contributed by atoms with E-state index in [0.717, 1.165) is 26.4 Å². The van der Waals surface area contributed by atoms with Gasteiger partial charge in [-0.15, -0.1) is 11.3 Å². The fourth-order valence-electron chi connectivity index (χ4n) is 1.58. The van der Waals surface area contributed by atoms with Crippen molar-refractivity contribution in [2.24, 2.45) is 0 Å². The molecule has 3 rings (SSSR count). The minimum absolute atomic E-state index is 0.809. The van der Waals surface area contributed by atoms with Crippen molar-refractivity contribution < 1.29 is 0 Å². The molecule has 0 unspecified atom stereocenters. The van der Waals surface area contributed by atoms with Gasteiger partial charge in [-0.05, 0) is 12.1 Å². The van der Waals surface area contributed by atoms with Crippen molar-refractivity contribution in [3.8, 4) is 22.0 Å². The van der Waals surface area contributed by atoms with Crippen LogP contribution in [0, 0.1) is 0 Å². The summed E-state index contributed by atoms with van der Waals surface area (Å²) in [5.74, 6) is 0. The Morgan fingerprint density at radius 2 is 2.06 bits per heavy atom. The second-order valence-corrected chi connectivity index (χ2v) is 5.41. The van der Waals surface area contributed by atoms with Gasteiger partial charge in [0.25, 0.3) is 0 Å². The Balaban J connectivity index is 2.00. The van der Waals surface area contributed by atoms with Gasteiger partial charge in [-0.1, -0.05) is 28.1 Å². The Labute approximate surface area is 117 Å². The first-order valence-corrected chi connectivity index (χ1v) is 6.98. The molecule has 0 atom stereocenters. The molecule has 0 fully saturated rings. The van der Waals surface area contributed by atoms with Gasteiger partial charge in [-0.3, -0.25) is 9.97 Å². The average Bonchev–Trinajstić information content (AvgIpc) is 2.89. The number of hydrogen-bond acceptors (Lipinski definition) is 4. The number of halogens is 1. The monoisotopic (exact) mass is 317 g/mol. The predicted octanol–water partition coefficient (Wildman–Crippen LogP) is 4.03. The minimum Gasteiger partial charge on any atom is -0.261 e. The van der Waals surface area contributed by atoms with Gasteiger partial charge in [-0.25, -0.2) is 4.98 Å². The molecule has 5 heteroatoms. The molecule has 0 radical (unpaired) electrons. The Kier molecular flexibility index (Phi) is 3.17. The molecule has 3 aromatic rings. The highest BCUT2D eigenvalue weighted by atomic mass is 79.9. The van der Waals surface area contributed by atoms with Gasteiger partial charge in [0.05, 0.1) is 11.9 Å². The second kappa shape index (κ2) is 4.96. The summed E-state index contributed by atoms with van der Waals surface area (Å²) in [7, 11) is 0. The Morgan fingerprint density at radius 1 is 1.11 bits per heavy atom. The highest BCUT2D eigenvalue weighted by Crippen LogP contribution is 2.28. The number of benzene rings is 1. The molecule has 0 N–H and O–H groups in total. The first-order chi connectivity index (χ1) is 8.83. The summed E-state index contributed by atoms with van der Waals surface area (Å²) in [6.07, 6.45) is 5.06. The molecular formula is C13H8BrN3S. The summed E-state index contributed by atoms with van der Waals surface area (Å²) < 4.78 is 1.05. The summed E-state index contributed by atoms with van der Waals surface area (Å²) in [4.78, 5) is 12.9. The zero-order valence-electron chi connectivity index (χ0n) is 9.25. The molecule has 1 aromatic carbocycles. The maximum atomic E-state index is 4.59. The SMILES string of the molecule is Brc1cccc(-c2csc(-c3cnccn3)n2)c1. The summed E-state index contributed by atoms with van der Waals surface area (Å²) in [5.41, 5.74) is 2.86. The van der Waals surface area contributed by atoms with E-state index in [1.54, 1.807) is 29.9 Å². The molecule has 2 heterocycles. The molecule has 0 bridgehead atoms. The zero-order chi connectivity index (χ0) is 12.4. The highest BCUT2D eigenvalue weighted by molar-refractivity contribution is 9.10. The van der Waals surface area contributed by atoms with E-state index in [1.807, 2.05) is 23.6 Å². The van der Waals surface area contributed by atoms with Crippen LogP contribution in [0.3, 0.4) is 0 Å². The first-order valence-electron chi connectivity index (χ1n) is 5.31. The average molecular weight is 318 g/mol. The van der Waals surface area contributed by atoms with Crippen LogP contribution < -0.4 is 0 Å². The Hall–Kier alpha value is -1.59. The summed E-state index contributed by atoms with van der Waals surface area (Å²) in [5, 5.41) is 2.92. The molecule has 0 aliphatic rings. The lowest BCUT2D eigenvalue weighted by Crippen LogP contribution is -1.83. The third-order valence-electron chi connectivity index (χ3n) is 2.41. The number of hydrogen-bond donors (Lipinski definition) is 0. The predicted molar refractivity (Wildman–Crippen MR) is 76.3 cm³/mol. The molecular weight excluding hydrogens is 310 g/mol. The zero-order valence-corrected chi connectivity index (χ0v) is 11.6. The van der Waals surface area contributed by atoms with E-state index in [1.165, 1.54) is 0 Å². The van der Waals surface area contributed by atoms with Crippen LogP contribution in [0.2, 0.25) is 0 Å². The van der Waals surface area contributed by atoms with Crippen molar-refractivity contribution in [1.29, 1.82) is 0 Å². The van der Waals surface area contributed by atoms with Crippen molar-refractivity contribution in [2.45, 2.75) is 0 Å². The third-order valence-corrected chi connectivity index (χ3v) is 3.76. The van der Waals surface area contributed by atoms with Crippen LogP contribution in [0.5, 0.6) is 0 Å². The number of thiazole rings is 1. The van der Waals surface area contributed by atoms with Crippen LogP contribution in [0.1, 0.15) is 0 Å². The third kappa shape index (κ3) is 2.32. The van der Waals surface area contributed by atoms with E-state index in [9.17, 15) is 0 Å². The molecule has 88 valence electrons. The molecule has 3 nitrogen and oxygen atoms in total. The number of rotatable bonds is 2. The molecule has 0 saturated carbocycles. The van der Waals surface area contributed by atoms with Crippen molar-refractivity contribution in [2.75, 3.05) is 0 Å². The standard InChI is InChI=1S/C13H8BrN3S/c14-10-3-1-2-9(6-10)12-8-18-13(17-12)11-7-15-4-5-16-11/h1-8H. The molecule has 0 spiro atoms. The maximum absolute atomic E-state index is 4.59. The maximum Gasteiger partial charge on any atom is 0.144 e. The lowest BCUT2D eigenvalue weighted by atomic mass is 10.2.